The van der Waals surface area contributed by atoms with Crippen molar-refractivity contribution in [2.75, 3.05) is 19.6 Å². The Kier molecular flexibility index (Phi) is 4.73. The maximum absolute atomic E-state index is 11.8. The highest BCUT2D eigenvalue weighted by Gasteiger charge is 2.42. The van der Waals surface area contributed by atoms with Gasteiger partial charge in [0.25, 0.3) is 5.69 Å². The highest BCUT2D eigenvalue weighted by atomic mass is 16.6. The van der Waals surface area contributed by atoms with Crippen LogP contribution in [0.5, 0.6) is 5.75 Å². The number of carbonyl (C=O) groups is 2. The second kappa shape index (κ2) is 6.96. The zero-order chi connectivity index (χ0) is 18.0. The van der Waals surface area contributed by atoms with Crippen molar-refractivity contribution in [1.82, 2.24) is 10.2 Å². The molecule has 2 amide bonds. The Morgan fingerprint density at radius 1 is 1.24 bits per heavy atom. The number of likely N-dealkylation sites (tertiary alicyclic amines) is 1. The van der Waals surface area contributed by atoms with Crippen LogP contribution in [0.4, 0.5) is 15.3 Å². The molecule has 2 aliphatic rings. The molecule has 1 saturated carbocycles. The van der Waals surface area contributed by atoms with Gasteiger partial charge < -0.3 is 20.1 Å². The number of hydrogen-bond donors (Lipinski definition) is 2. The number of amides is 2. The summed E-state index contributed by atoms with van der Waals surface area (Å²) in [6.45, 7) is 1.62. The molecule has 1 aromatic rings. The fourth-order valence-electron chi connectivity index (χ4n) is 3.75. The van der Waals surface area contributed by atoms with Gasteiger partial charge in [0.15, 0.2) is 0 Å². The molecule has 1 aliphatic carbocycles. The van der Waals surface area contributed by atoms with Gasteiger partial charge in [-0.15, -0.1) is 0 Å². The largest absolute Gasteiger partial charge is 0.465 e. The molecule has 0 bridgehead atoms. The summed E-state index contributed by atoms with van der Waals surface area (Å²) in [5.41, 5.74) is -0.0688. The van der Waals surface area contributed by atoms with Gasteiger partial charge in [-0.1, -0.05) is 0 Å². The van der Waals surface area contributed by atoms with Crippen molar-refractivity contribution in [3.63, 3.8) is 0 Å². The number of ether oxygens (including phenoxy) is 1. The average Bonchev–Trinajstić information content (AvgIpc) is 3.12. The first kappa shape index (κ1) is 17.0. The number of non-ortho nitro benzene ring substituents is 1. The molecule has 3 rings (SSSR count). The van der Waals surface area contributed by atoms with Crippen LogP contribution in [0.1, 0.15) is 12.8 Å². The van der Waals surface area contributed by atoms with Crippen LogP contribution >= 0.6 is 0 Å². The fourth-order valence-corrected chi connectivity index (χ4v) is 3.75. The molecule has 25 heavy (non-hydrogen) atoms. The summed E-state index contributed by atoms with van der Waals surface area (Å²) in [5, 5.41) is 22.3. The van der Waals surface area contributed by atoms with E-state index >= 15 is 0 Å². The maximum atomic E-state index is 11.8. The van der Waals surface area contributed by atoms with E-state index in [1.54, 1.807) is 0 Å². The molecule has 0 spiro atoms. The lowest BCUT2D eigenvalue weighted by Crippen LogP contribution is -2.32. The molecule has 2 fully saturated rings. The van der Waals surface area contributed by atoms with Gasteiger partial charge in [-0.2, -0.15) is 0 Å². The standard InChI is InChI=1S/C16H19N3O6/c20-15(25-14-3-1-13(2-4-14)19(23)24)17-7-10-5-11-8-18(16(21)22)9-12(11)6-10/h1-4,10-12H,5-9H2,(H,17,20)(H,21,22)/t10?,11-,12+. The van der Waals surface area contributed by atoms with E-state index in [1.165, 1.54) is 29.2 Å². The lowest BCUT2D eigenvalue weighted by atomic mass is 10.0. The smallest absolute Gasteiger partial charge is 0.412 e. The lowest BCUT2D eigenvalue weighted by Gasteiger charge is -2.16. The summed E-state index contributed by atoms with van der Waals surface area (Å²) in [6, 6.07) is 5.29. The van der Waals surface area contributed by atoms with Crippen LogP contribution in [0.3, 0.4) is 0 Å². The molecule has 0 aromatic heterocycles. The van der Waals surface area contributed by atoms with Crippen molar-refractivity contribution in [2.24, 2.45) is 17.8 Å². The third-order valence-corrected chi connectivity index (χ3v) is 4.91. The van der Waals surface area contributed by atoms with Gasteiger partial charge in [0.1, 0.15) is 5.75 Å². The Morgan fingerprint density at radius 3 is 2.36 bits per heavy atom. The topological polar surface area (TPSA) is 122 Å². The third kappa shape index (κ3) is 3.98. The Morgan fingerprint density at radius 2 is 1.84 bits per heavy atom. The monoisotopic (exact) mass is 349 g/mol. The van der Waals surface area contributed by atoms with Gasteiger partial charge in [-0.3, -0.25) is 10.1 Å². The zero-order valence-electron chi connectivity index (χ0n) is 13.5. The summed E-state index contributed by atoms with van der Waals surface area (Å²) in [5.74, 6) is 1.29. The zero-order valence-corrected chi connectivity index (χ0v) is 13.5. The van der Waals surface area contributed by atoms with Crippen LogP contribution in [-0.2, 0) is 0 Å². The van der Waals surface area contributed by atoms with E-state index in [0.717, 1.165) is 12.8 Å². The fraction of sp³-hybridized carbons (Fsp3) is 0.500. The molecule has 3 atom stereocenters. The van der Waals surface area contributed by atoms with Gasteiger partial charge in [0.05, 0.1) is 4.92 Å². The summed E-state index contributed by atoms with van der Waals surface area (Å²) >= 11 is 0. The first-order valence-electron chi connectivity index (χ1n) is 8.10. The van der Waals surface area contributed by atoms with E-state index < -0.39 is 17.1 Å². The van der Waals surface area contributed by atoms with E-state index in [4.69, 9.17) is 9.84 Å². The highest BCUT2D eigenvalue weighted by Crippen LogP contribution is 2.41. The van der Waals surface area contributed by atoms with E-state index in [-0.39, 0.29) is 11.4 Å². The predicted molar refractivity (Wildman–Crippen MR) is 86.4 cm³/mol. The van der Waals surface area contributed by atoms with Crippen LogP contribution in [0.2, 0.25) is 0 Å². The molecular formula is C16H19N3O6. The number of hydrogen-bond acceptors (Lipinski definition) is 5. The SMILES string of the molecule is O=C(NCC1C[C@@H]2CN(C(=O)O)C[C@@H]2C1)Oc1ccc([N+](=O)[O-])cc1. The maximum Gasteiger partial charge on any atom is 0.412 e. The number of carbonyl (C=O) groups excluding carboxylic acids is 1. The molecule has 1 heterocycles. The molecule has 1 unspecified atom stereocenters. The molecular weight excluding hydrogens is 330 g/mol. The number of nitrogens with zero attached hydrogens (tertiary/aromatic N) is 2. The van der Waals surface area contributed by atoms with Crippen molar-refractivity contribution in [3.8, 4) is 5.75 Å². The van der Waals surface area contributed by atoms with Crippen molar-refractivity contribution < 1.29 is 24.4 Å². The molecule has 1 aromatic carbocycles. The summed E-state index contributed by atoms with van der Waals surface area (Å²) in [4.78, 5) is 34.3. The number of carboxylic acid groups (broad SMARTS) is 1. The quantitative estimate of drug-likeness (QED) is 0.635. The van der Waals surface area contributed by atoms with Gasteiger partial charge in [-0.05, 0) is 42.7 Å². The Bertz CT molecular complexity index is 663. The second-order valence-corrected chi connectivity index (χ2v) is 6.57. The number of nitrogens with one attached hydrogen (secondary N) is 1. The molecule has 9 nitrogen and oxygen atoms in total. The van der Waals surface area contributed by atoms with E-state index in [9.17, 15) is 19.7 Å². The highest BCUT2D eigenvalue weighted by molar-refractivity contribution is 5.70. The van der Waals surface area contributed by atoms with Crippen LogP contribution in [0.15, 0.2) is 24.3 Å². The molecule has 1 aliphatic heterocycles. The minimum atomic E-state index is -0.865. The number of benzene rings is 1. The number of nitro groups is 1. The van der Waals surface area contributed by atoms with Crippen molar-refractivity contribution in [3.05, 3.63) is 34.4 Å². The van der Waals surface area contributed by atoms with E-state index in [0.29, 0.717) is 37.4 Å². The minimum absolute atomic E-state index is 0.0688. The number of fused-ring (bicyclic) bond motifs is 1. The van der Waals surface area contributed by atoms with E-state index in [1.807, 2.05) is 0 Å². The first-order valence-corrected chi connectivity index (χ1v) is 8.10. The number of rotatable bonds is 4. The minimum Gasteiger partial charge on any atom is -0.465 e. The molecule has 1 saturated heterocycles. The van der Waals surface area contributed by atoms with Crippen LogP contribution in [0, 0.1) is 27.9 Å². The number of nitro benzene ring substituents is 1. The van der Waals surface area contributed by atoms with Gasteiger partial charge in [0.2, 0.25) is 0 Å². The molecule has 2 N–H and O–H groups in total. The summed E-state index contributed by atoms with van der Waals surface area (Å²) in [6.07, 6.45) is 0.326. The van der Waals surface area contributed by atoms with Crippen LogP contribution < -0.4 is 10.1 Å². The van der Waals surface area contributed by atoms with Crippen LogP contribution in [-0.4, -0.2) is 46.8 Å². The van der Waals surface area contributed by atoms with Crippen molar-refractivity contribution in [1.29, 1.82) is 0 Å². The molecule has 0 radical (unpaired) electrons. The second-order valence-electron chi connectivity index (χ2n) is 6.57. The average molecular weight is 349 g/mol. The Balaban J connectivity index is 1.42. The molecule has 134 valence electrons. The Labute approximate surface area is 143 Å². The van der Waals surface area contributed by atoms with E-state index in [2.05, 4.69) is 5.32 Å². The van der Waals surface area contributed by atoms with Gasteiger partial charge in [0, 0.05) is 31.8 Å². The summed E-state index contributed by atoms with van der Waals surface area (Å²) < 4.78 is 5.09. The first-order chi connectivity index (χ1) is 11.9. The lowest BCUT2D eigenvalue weighted by molar-refractivity contribution is -0.384. The summed E-state index contributed by atoms with van der Waals surface area (Å²) in [7, 11) is 0. The van der Waals surface area contributed by atoms with Crippen LogP contribution in [0.25, 0.3) is 0 Å². The molecule has 9 heteroatoms. The third-order valence-electron chi connectivity index (χ3n) is 4.91. The van der Waals surface area contributed by atoms with Crippen molar-refractivity contribution in [2.45, 2.75) is 12.8 Å². The van der Waals surface area contributed by atoms with Gasteiger partial charge >= 0.3 is 12.2 Å². The normalized spacial score (nSPS) is 24.6. The van der Waals surface area contributed by atoms with Gasteiger partial charge in [-0.25, -0.2) is 9.59 Å². The van der Waals surface area contributed by atoms with Crippen molar-refractivity contribution >= 4 is 17.9 Å². The Hall–Kier alpha value is -2.84. The predicted octanol–water partition coefficient (Wildman–Crippen LogP) is 2.32.